The maximum Gasteiger partial charge on any atom is 0.224 e. The second-order valence-electron chi connectivity index (χ2n) is 6.14. The monoisotopic (exact) mass is 349 g/mol. The van der Waals surface area contributed by atoms with Crippen molar-refractivity contribution in [3.63, 3.8) is 0 Å². The molecule has 1 amide bonds. The largest absolute Gasteiger partial charge is 0.347 e. The van der Waals surface area contributed by atoms with Gasteiger partial charge in [-0.1, -0.05) is 30.3 Å². The SMILES string of the molecule is CN(Cc1nc2ccccc2s1)C(=O)CCn1ccc2ccccc21. The van der Waals surface area contributed by atoms with Gasteiger partial charge in [0.05, 0.1) is 16.8 Å². The molecule has 126 valence electrons. The van der Waals surface area contributed by atoms with Gasteiger partial charge in [0, 0.05) is 31.7 Å². The van der Waals surface area contributed by atoms with E-state index < -0.39 is 0 Å². The zero-order valence-electron chi connectivity index (χ0n) is 14.1. The molecule has 0 aliphatic rings. The summed E-state index contributed by atoms with van der Waals surface area (Å²) in [5.41, 5.74) is 2.17. The van der Waals surface area contributed by atoms with Gasteiger partial charge in [0.1, 0.15) is 5.01 Å². The van der Waals surface area contributed by atoms with Gasteiger partial charge in [-0.3, -0.25) is 4.79 Å². The first kappa shape index (κ1) is 15.8. The third-order valence-electron chi connectivity index (χ3n) is 4.38. The summed E-state index contributed by atoms with van der Waals surface area (Å²) >= 11 is 1.65. The highest BCUT2D eigenvalue weighted by Gasteiger charge is 2.12. The Morgan fingerprint density at radius 3 is 2.80 bits per heavy atom. The fourth-order valence-corrected chi connectivity index (χ4v) is 4.04. The molecule has 2 aromatic heterocycles. The summed E-state index contributed by atoms with van der Waals surface area (Å²) in [4.78, 5) is 18.9. The number of carbonyl (C=O) groups is 1. The molecule has 5 heteroatoms. The molecule has 0 saturated carbocycles. The van der Waals surface area contributed by atoms with Gasteiger partial charge in [-0.15, -0.1) is 11.3 Å². The molecule has 0 bridgehead atoms. The van der Waals surface area contributed by atoms with E-state index in [-0.39, 0.29) is 5.91 Å². The molecule has 4 nitrogen and oxygen atoms in total. The number of carbonyl (C=O) groups excluding carboxylic acids is 1. The Bertz CT molecular complexity index is 1000. The predicted molar refractivity (Wildman–Crippen MR) is 103 cm³/mol. The number of aryl methyl sites for hydroxylation is 1. The Morgan fingerprint density at radius 2 is 1.92 bits per heavy atom. The number of amides is 1. The molecule has 0 atom stereocenters. The summed E-state index contributed by atoms with van der Waals surface area (Å²) in [7, 11) is 1.85. The van der Waals surface area contributed by atoms with Crippen LogP contribution in [-0.2, 0) is 17.9 Å². The Morgan fingerprint density at radius 1 is 1.12 bits per heavy atom. The molecule has 25 heavy (non-hydrogen) atoms. The quantitative estimate of drug-likeness (QED) is 0.539. The minimum Gasteiger partial charge on any atom is -0.347 e. The number of para-hydroxylation sites is 2. The standard InChI is InChI=1S/C20H19N3OS/c1-22(14-19-21-16-7-3-5-9-18(16)25-19)20(24)11-13-23-12-10-15-6-2-4-8-17(15)23/h2-10,12H,11,13-14H2,1H3. The third kappa shape index (κ3) is 3.28. The molecule has 0 unspecified atom stereocenters. The van der Waals surface area contributed by atoms with E-state index in [0.29, 0.717) is 19.5 Å². The van der Waals surface area contributed by atoms with Crippen molar-refractivity contribution >= 4 is 38.4 Å². The fraction of sp³-hybridized carbons (Fsp3) is 0.200. The smallest absolute Gasteiger partial charge is 0.224 e. The van der Waals surface area contributed by atoms with Gasteiger partial charge in [0.25, 0.3) is 0 Å². The van der Waals surface area contributed by atoms with Crippen molar-refractivity contribution in [2.75, 3.05) is 7.05 Å². The Hall–Kier alpha value is -2.66. The minimum atomic E-state index is 0.136. The van der Waals surface area contributed by atoms with Crippen molar-refractivity contribution in [3.05, 3.63) is 65.8 Å². The van der Waals surface area contributed by atoms with Crippen molar-refractivity contribution in [3.8, 4) is 0 Å². The van der Waals surface area contributed by atoms with E-state index in [1.54, 1.807) is 16.2 Å². The lowest BCUT2D eigenvalue weighted by molar-refractivity contribution is -0.130. The van der Waals surface area contributed by atoms with Gasteiger partial charge in [-0.25, -0.2) is 4.98 Å². The van der Waals surface area contributed by atoms with Gasteiger partial charge in [0.15, 0.2) is 0 Å². The Kier molecular flexibility index (Phi) is 4.24. The molecule has 0 spiro atoms. The first-order valence-corrected chi connectivity index (χ1v) is 9.14. The highest BCUT2D eigenvalue weighted by molar-refractivity contribution is 7.18. The molecular formula is C20H19N3OS. The van der Waals surface area contributed by atoms with Crippen LogP contribution in [0.3, 0.4) is 0 Å². The van der Waals surface area contributed by atoms with E-state index in [2.05, 4.69) is 33.8 Å². The summed E-state index contributed by atoms with van der Waals surface area (Å²) in [6.45, 7) is 1.25. The highest BCUT2D eigenvalue weighted by atomic mass is 32.1. The van der Waals surface area contributed by atoms with Gasteiger partial charge in [-0.05, 0) is 29.7 Å². The zero-order valence-corrected chi connectivity index (χ0v) is 14.9. The molecule has 0 aliphatic carbocycles. The lowest BCUT2D eigenvalue weighted by Crippen LogP contribution is -2.26. The van der Waals surface area contributed by atoms with Crippen molar-refractivity contribution in [1.82, 2.24) is 14.5 Å². The van der Waals surface area contributed by atoms with Crippen molar-refractivity contribution < 1.29 is 4.79 Å². The Labute approximate surface area is 150 Å². The minimum absolute atomic E-state index is 0.136. The van der Waals surface area contributed by atoms with Crippen LogP contribution in [0, 0.1) is 0 Å². The number of benzene rings is 2. The van der Waals surface area contributed by atoms with Crippen molar-refractivity contribution in [1.29, 1.82) is 0 Å². The number of aromatic nitrogens is 2. The summed E-state index contributed by atoms with van der Waals surface area (Å²) in [5, 5.41) is 2.18. The van der Waals surface area contributed by atoms with Crippen LogP contribution < -0.4 is 0 Å². The lowest BCUT2D eigenvalue weighted by atomic mass is 10.2. The molecule has 0 radical (unpaired) electrons. The lowest BCUT2D eigenvalue weighted by Gasteiger charge is -2.16. The number of fused-ring (bicyclic) bond motifs is 2. The molecule has 0 saturated heterocycles. The molecule has 0 N–H and O–H groups in total. The van der Waals surface area contributed by atoms with Crippen molar-refractivity contribution in [2.45, 2.75) is 19.5 Å². The molecule has 4 rings (SSSR count). The number of thiazole rings is 1. The maximum atomic E-state index is 12.5. The zero-order chi connectivity index (χ0) is 17.2. The Balaban J connectivity index is 1.40. The third-order valence-corrected chi connectivity index (χ3v) is 5.40. The first-order chi connectivity index (χ1) is 12.2. The van der Waals surface area contributed by atoms with Gasteiger partial charge in [0.2, 0.25) is 5.91 Å². The number of nitrogens with zero attached hydrogens (tertiary/aromatic N) is 3. The van der Waals surface area contributed by atoms with Crippen LogP contribution in [0.2, 0.25) is 0 Å². The predicted octanol–water partition coefficient (Wildman–Crippen LogP) is 4.30. The van der Waals surface area contributed by atoms with Crippen LogP contribution in [0.4, 0.5) is 0 Å². The van der Waals surface area contributed by atoms with E-state index in [9.17, 15) is 4.79 Å². The number of hydrogen-bond acceptors (Lipinski definition) is 3. The topological polar surface area (TPSA) is 38.1 Å². The van der Waals surface area contributed by atoms with Crippen LogP contribution in [0.5, 0.6) is 0 Å². The normalized spacial score (nSPS) is 11.2. The molecule has 2 aromatic carbocycles. The molecular weight excluding hydrogens is 330 g/mol. The molecule has 2 heterocycles. The van der Waals surface area contributed by atoms with E-state index in [1.165, 1.54) is 10.9 Å². The number of rotatable bonds is 5. The van der Waals surface area contributed by atoms with Gasteiger partial charge >= 0.3 is 0 Å². The van der Waals surface area contributed by atoms with E-state index in [1.807, 2.05) is 43.6 Å². The average molecular weight is 349 g/mol. The van der Waals surface area contributed by atoms with Crippen LogP contribution in [-0.4, -0.2) is 27.4 Å². The summed E-state index contributed by atoms with van der Waals surface area (Å²) < 4.78 is 3.30. The summed E-state index contributed by atoms with van der Waals surface area (Å²) in [6, 6.07) is 18.4. The van der Waals surface area contributed by atoms with Gasteiger partial charge < -0.3 is 9.47 Å². The number of hydrogen-bond donors (Lipinski definition) is 0. The van der Waals surface area contributed by atoms with Crippen molar-refractivity contribution in [2.24, 2.45) is 0 Å². The van der Waals surface area contributed by atoms with Crippen LogP contribution in [0.15, 0.2) is 60.8 Å². The average Bonchev–Trinajstić information content (AvgIpc) is 3.22. The molecule has 0 aliphatic heterocycles. The highest BCUT2D eigenvalue weighted by Crippen LogP contribution is 2.22. The van der Waals surface area contributed by atoms with E-state index >= 15 is 0 Å². The van der Waals surface area contributed by atoms with Crippen LogP contribution in [0.1, 0.15) is 11.4 Å². The second kappa shape index (κ2) is 6.69. The fourth-order valence-electron chi connectivity index (χ4n) is 3.02. The maximum absolute atomic E-state index is 12.5. The summed E-state index contributed by atoms with van der Waals surface area (Å²) in [5.74, 6) is 0.136. The molecule has 0 fully saturated rings. The second-order valence-corrected chi connectivity index (χ2v) is 7.26. The van der Waals surface area contributed by atoms with E-state index in [4.69, 9.17) is 0 Å². The first-order valence-electron chi connectivity index (χ1n) is 8.33. The van der Waals surface area contributed by atoms with E-state index in [0.717, 1.165) is 15.2 Å². The van der Waals surface area contributed by atoms with Gasteiger partial charge in [-0.2, -0.15) is 0 Å². The summed E-state index contributed by atoms with van der Waals surface area (Å²) in [6.07, 6.45) is 2.53. The van der Waals surface area contributed by atoms with Crippen LogP contribution >= 0.6 is 11.3 Å². The van der Waals surface area contributed by atoms with Crippen LogP contribution in [0.25, 0.3) is 21.1 Å². The molecule has 4 aromatic rings.